The summed E-state index contributed by atoms with van der Waals surface area (Å²) in [5.74, 6) is 0.574. The predicted molar refractivity (Wildman–Crippen MR) is 88.3 cm³/mol. The number of urea groups is 1. The maximum absolute atomic E-state index is 12.5. The number of hydrogen-bond donors (Lipinski definition) is 2. The Morgan fingerprint density at radius 1 is 1.09 bits per heavy atom. The number of likely N-dealkylation sites (tertiary alicyclic amines) is 1. The first-order chi connectivity index (χ1) is 11.3. The first-order valence-corrected chi connectivity index (χ1v) is 9.22. The van der Waals surface area contributed by atoms with E-state index in [4.69, 9.17) is 4.74 Å². The summed E-state index contributed by atoms with van der Waals surface area (Å²) >= 11 is 0. The van der Waals surface area contributed by atoms with Gasteiger partial charge in [0.2, 0.25) is 0 Å². The number of ether oxygens (including phenoxy) is 1. The first-order valence-electron chi connectivity index (χ1n) is 9.22. The zero-order valence-electron chi connectivity index (χ0n) is 14.1. The van der Waals surface area contributed by atoms with E-state index in [1.54, 1.807) is 0 Å². The Balaban J connectivity index is 1.49. The fraction of sp³-hybridized carbons (Fsp3) is 0.941. The fourth-order valence-corrected chi connectivity index (χ4v) is 4.15. The van der Waals surface area contributed by atoms with Crippen molar-refractivity contribution in [2.24, 2.45) is 11.8 Å². The van der Waals surface area contributed by atoms with Crippen LogP contribution < -0.4 is 5.32 Å². The first kappa shape index (κ1) is 17.0. The number of amides is 2. The molecular formula is C17H31N3O3. The summed E-state index contributed by atoms with van der Waals surface area (Å²) in [7, 11) is 0. The van der Waals surface area contributed by atoms with E-state index >= 15 is 0 Å². The number of hydrogen-bond acceptors (Lipinski definition) is 4. The molecule has 0 aromatic heterocycles. The van der Waals surface area contributed by atoms with Gasteiger partial charge in [0.1, 0.15) is 0 Å². The standard InChI is InChI=1S/C17H31N3O3/c21-13-15-12-20(17(22)18-16-4-2-1-3-5-16)11-14(15)10-19-6-8-23-9-7-19/h14-16,21H,1-13H2,(H,18,22)/t14-,15-/m0/s1. The van der Waals surface area contributed by atoms with E-state index in [0.29, 0.717) is 18.5 Å². The Morgan fingerprint density at radius 2 is 1.78 bits per heavy atom. The molecule has 0 unspecified atom stereocenters. The zero-order valence-corrected chi connectivity index (χ0v) is 14.1. The topological polar surface area (TPSA) is 65.0 Å². The molecule has 3 rings (SSSR count). The Kier molecular flexibility index (Phi) is 6.14. The molecule has 2 saturated heterocycles. The molecule has 0 radical (unpaired) electrons. The fourth-order valence-electron chi connectivity index (χ4n) is 4.15. The van der Waals surface area contributed by atoms with Crippen LogP contribution in [0.15, 0.2) is 0 Å². The second-order valence-corrected chi connectivity index (χ2v) is 7.31. The van der Waals surface area contributed by atoms with E-state index in [-0.39, 0.29) is 18.6 Å². The predicted octanol–water partition coefficient (Wildman–Crippen LogP) is 0.901. The van der Waals surface area contributed by atoms with E-state index in [1.165, 1.54) is 19.3 Å². The second kappa shape index (κ2) is 8.31. The molecule has 3 fully saturated rings. The highest BCUT2D eigenvalue weighted by Gasteiger charge is 2.36. The van der Waals surface area contributed by atoms with Crippen molar-refractivity contribution in [3.05, 3.63) is 0 Å². The highest BCUT2D eigenvalue weighted by Crippen LogP contribution is 2.25. The maximum Gasteiger partial charge on any atom is 0.317 e. The maximum atomic E-state index is 12.5. The molecule has 2 atom stereocenters. The largest absolute Gasteiger partial charge is 0.396 e. The SMILES string of the molecule is O=C(NC1CCCCC1)N1C[C@@H](CO)[C@@H](CN2CCOCC2)C1. The van der Waals surface area contributed by atoms with Crippen LogP contribution in [0.3, 0.4) is 0 Å². The lowest BCUT2D eigenvalue weighted by atomic mass is 9.96. The van der Waals surface area contributed by atoms with Crippen molar-refractivity contribution in [2.45, 2.75) is 38.1 Å². The van der Waals surface area contributed by atoms with Crippen molar-refractivity contribution in [1.29, 1.82) is 0 Å². The third-order valence-electron chi connectivity index (χ3n) is 5.63. The van der Waals surface area contributed by atoms with Gasteiger partial charge in [0.05, 0.1) is 13.2 Å². The van der Waals surface area contributed by atoms with E-state index in [0.717, 1.165) is 52.2 Å². The molecule has 1 saturated carbocycles. The molecule has 2 amide bonds. The third-order valence-corrected chi connectivity index (χ3v) is 5.63. The Morgan fingerprint density at radius 3 is 2.48 bits per heavy atom. The normalized spacial score (nSPS) is 30.6. The van der Waals surface area contributed by atoms with Gasteiger partial charge >= 0.3 is 6.03 Å². The number of morpholine rings is 1. The number of rotatable bonds is 4. The zero-order chi connectivity index (χ0) is 16.1. The van der Waals surface area contributed by atoms with Crippen molar-refractivity contribution in [2.75, 3.05) is 52.5 Å². The summed E-state index contributed by atoms with van der Waals surface area (Å²) in [6.07, 6.45) is 5.97. The molecule has 0 spiro atoms. The summed E-state index contributed by atoms with van der Waals surface area (Å²) in [5, 5.41) is 12.9. The van der Waals surface area contributed by atoms with Gasteiger partial charge in [-0.25, -0.2) is 4.79 Å². The van der Waals surface area contributed by atoms with Crippen LogP contribution in [0.2, 0.25) is 0 Å². The summed E-state index contributed by atoms with van der Waals surface area (Å²) in [4.78, 5) is 16.8. The Labute approximate surface area is 139 Å². The van der Waals surface area contributed by atoms with Crippen LogP contribution in [0.4, 0.5) is 4.79 Å². The van der Waals surface area contributed by atoms with E-state index in [1.807, 2.05) is 4.90 Å². The number of aliphatic hydroxyl groups is 1. The molecule has 0 aromatic rings. The molecular weight excluding hydrogens is 294 g/mol. The third kappa shape index (κ3) is 4.58. The molecule has 132 valence electrons. The Hall–Kier alpha value is -0.850. The highest BCUT2D eigenvalue weighted by molar-refractivity contribution is 5.74. The van der Waals surface area contributed by atoms with Gasteiger partial charge in [0.15, 0.2) is 0 Å². The average Bonchev–Trinajstić information content (AvgIpc) is 3.00. The van der Waals surface area contributed by atoms with Gasteiger partial charge in [-0.05, 0) is 18.8 Å². The van der Waals surface area contributed by atoms with Crippen LogP contribution in [0, 0.1) is 11.8 Å². The number of nitrogens with one attached hydrogen (secondary N) is 1. The molecule has 2 aliphatic heterocycles. The Bertz CT molecular complexity index is 381. The summed E-state index contributed by atoms with van der Waals surface area (Å²) in [6.45, 7) is 6.09. The lowest BCUT2D eigenvalue weighted by molar-refractivity contribution is 0.0265. The van der Waals surface area contributed by atoms with Gasteiger partial charge in [-0.2, -0.15) is 0 Å². The number of aliphatic hydroxyl groups excluding tert-OH is 1. The monoisotopic (exact) mass is 325 g/mol. The number of carbonyl (C=O) groups is 1. The molecule has 0 aromatic carbocycles. The van der Waals surface area contributed by atoms with Crippen LogP contribution in [0.25, 0.3) is 0 Å². The van der Waals surface area contributed by atoms with Crippen molar-refractivity contribution < 1.29 is 14.6 Å². The molecule has 23 heavy (non-hydrogen) atoms. The second-order valence-electron chi connectivity index (χ2n) is 7.31. The summed E-state index contributed by atoms with van der Waals surface area (Å²) in [6, 6.07) is 0.418. The van der Waals surface area contributed by atoms with Gasteiger partial charge < -0.3 is 20.1 Å². The molecule has 2 N–H and O–H groups in total. The molecule has 1 aliphatic carbocycles. The molecule has 3 aliphatic rings. The van der Waals surface area contributed by atoms with Crippen molar-refractivity contribution >= 4 is 6.03 Å². The van der Waals surface area contributed by atoms with Gasteiger partial charge in [-0.15, -0.1) is 0 Å². The minimum absolute atomic E-state index is 0.0693. The van der Waals surface area contributed by atoms with Crippen LogP contribution >= 0.6 is 0 Å². The van der Waals surface area contributed by atoms with Gasteiger partial charge in [0.25, 0.3) is 0 Å². The smallest absolute Gasteiger partial charge is 0.317 e. The van der Waals surface area contributed by atoms with Crippen molar-refractivity contribution in [3.63, 3.8) is 0 Å². The number of carbonyl (C=O) groups excluding carboxylic acids is 1. The van der Waals surface area contributed by atoms with E-state index in [2.05, 4.69) is 10.2 Å². The van der Waals surface area contributed by atoms with Gasteiger partial charge in [-0.1, -0.05) is 19.3 Å². The van der Waals surface area contributed by atoms with Gasteiger partial charge in [-0.3, -0.25) is 4.90 Å². The quantitative estimate of drug-likeness (QED) is 0.806. The lowest BCUT2D eigenvalue weighted by Crippen LogP contribution is -2.45. The molecule has 6 nitrogen and oxygen atoms in total. The molecule has 6 heteroatoms. The van der Waals surface area contributed by atoms with Gasteiger partial charge in [0, 0.05) is 51.3 Å². The van der Waals surface area contributed by atoms with Crippen molar-refractivity contribution in [1.82, 2.24) is 15.1 Å². The van der Waals surface area contributed by atoms with E-state index < -0.39 is 0 Å². The lowest BCUT2D eigenvalue weighted by Gasteiger charge is -2.30. The number of nitrogens with zero attached hydrogens (tertiary/aromatic N) is 2. The minimum Gasteiger partial charge on any atom is -0.396 e. The summed E-state index contributed by atoms with van der Waals surface area (Å²) < 4.78 is 5.40. The van der Waals surface area contributed by atoms with Crippen LogP contribution in [-0.4, -0.2) is 79.5 Å². The average molecular weight is 325 g/mol. The minimum atomic E-state index is 0.0693. The molecule has 2 heterocycles. The molecule has 0 bridgehead atoms. The van der Waals surface area contributed by atoms with E-state index in [9.17, 15) is 9.90 Å². The van der Waals surface area contributed by atoms with Crippen LogP contribution in [-0.2, 0) is 4.74 Å². The highest BCUT2D eigenvalue weighted by atomic mass is 16.5. The van der Waals surface area contributed by atoms with Crippen LogP contribution in [0.1, 0.15) is 32.1 Å². The van der Waals surface area contributed by atoms with Crippen LogP contribution in [0.5, 0.6) is 0 Å². The van der Waals surface area contributed by atoms with Crippen molar-refractivity contribution in [3.8, 4) is 0 Å². The summed E-state index contributed by atoms with van der Waals surface area (Å²) in [5.41, 5.74) is 0.